The van der Waals surface area contributed by atoms with E-state index in [0.29, 0.717) is 29.8 Å². The molecule has 0 aliphatic heterocycles. The number of halogens is 3. The van der Waals surface area contributed by atoms with Gasteiger partial charge in [0, 0.05) is 23.2 Å². The summed E-state index contributed by atoms with van der Waals surface area (Å²) in [6.45, 7) is 3.77. The zero-order valence-corrected chi connectivity index (χ0v) is 20.8. The van der Waals surface area contributed by atoms with E-state index in [4.69, 9.17) is 4.74 Å². The molecule has 0 aliphatic rings. The van der Waals surface area contributed by atoms with Crippen molar-refractivity contribution in [1.29, 1.82) is 0 Å². The van der Waals surface area contributed by atoms with E-state index >= 15 is 0 Å². The number of nitrogens with zero attached hydrogens (tertiary/aromatic N) is 2. The molecule has 0 fully saturated rings. The third-order valence-corrected chi connectivity index (χ3v) is 6.57. The molecule has 0 amide bonds. The summed E-state index contributed by atoms with van der Waals surface area (Å²) in [6, 6.07) is 12.7. The van der Waals surface area contributed by atoms with E-state index in [0.717, 1.165) is 24.1 Å². The average Bonchev–Trinajstić information content (AvgIpc) is 2.83. The number of aryl methyl sites for hydroxylation is 2. The molecular formula is C25H26F3N3O4S. The van der Waals surface area contributed by atoms with Gasteiger partial charge >= 0.3 is 21.5 Å². The minimum atomic E-state index is -5.57. The van der Waals surface area contributed by atoms with Gasteiger partial charge in [0.25, 0.3) is 0 Å². The first-order valence-corrected chi connectivity index (χ1v) is 12.7. The third-order valence-electron chi connectivity index (χ3n) is 5.47. The van der Waals surface area contributed by atoms with Crippen LogP contribution in [0.1, 0.15) is 52.9 Å². The first-order chi connectivity index (χ1) is 17.0. The number of aromatic nitrogens is 2. The Labute approximate surface area is 207 Å². The highest BCUT2D eigenvalue weighted by molar-refractivity contribution is 7.93. The molecule has 1 aromatic heterocycles. The fourth-order valence-electron chi connectivity index (χ4n) is 3.69. The van der Waals surface area contributed by atoms with Crippen LogP contribution in [0, 0.1) is 6.92 Å². The molecule has 0 aliphatic carbocycles. The van der Waals surface area contributed by atoms with Gasteiger partial charge in [0.1, 0.15) is 5.82 Å². The lowest BCUT2D eigenvalue weighted by atomic mass is 9.96. The normalized spacial score (nSPS) is 11.8. The highest BCUT2D eigenvalue weighted by atomic mass is 32.2. The number of benzene rings is 2. The molecule has 0 bridgehead atoms. The molecule has 1 N–H and O–H groups in total. The van der Waals surface area contributed by atoms with Crippen LogP contribution in [0.2, 0.25) is 0 Å². The second kappa shape index (κ2) is 11.1. The highest BCUT2D eigenvalue weighted by Gasteiger charge is 2.46. The van der Waals surface area contributed by atoms with Crippen molar-refractivity contribution < 1.29 is 31.1 Å². The molecule has 0 atom stereocenters. The molecule has 11 heteroatoms. The maximum atomic E-state index is 12.9. The van der Waals surface area contributed by atoms with E-state index in [1.54, 1.807) is 42.0 Å². The molecule has 3 rings (SSSR count). The average molecular weight is 522 g/mol. The number of methoxy groups -OCH3 is 1. The number of carbonyl (C=O) groups is 1. The van der Waals surface area contributed by atoms with Crippen molar-refractivity contribution in [1.82, 2.24) is 9.97 Å². The molecule has 0 saturated carbocycles. The van der Waals surface area contributed by atoms with Gasteiger partial charge < -0.3 is 4.74 Å². The zero-order valence-electron chi connectivity index (χ0n) is 20.0. The Kier molecular flexibility index (Phi) is 8.34. The second-order valence-electron chi connectivity index (χ2n) is 8.11. The van der Waals surface area contributed by atoms with Crippen molar-refractivity contribution in [2.45, 2.75) is 45.0 Å². The molecule has 7 nitrogen and oxygen atoms in total. The number of ether oxygens (including phenoxy) is 1. The van der Waals surface area contributed by atoms with Gasteiger partial charge in [-0.1, -0.05) is 55.8 Å². The lowest BCUT2D eigenvalue weighted by molar-refractivity contribution is -0.0429. The van der Waals surface area contributed by atoms with Crippen LogP contribution in [0.15, 0.2) is 48.5 Å². The number of hydrogen-bond donors (Lipinski definition) is 1. The van der Waals surface area contributed by atoms with E-state index in [9.17, 15) is 26.4 Å². The van der Waals surface area contributed by atoms with E-state index in [-0.39, 0.29) is 16.9 Å². The van der Waals surface area contributed by atoms with Crippen molar-refractivity contribution in [2.24, 2.45) is 0 Å². The number of anilines is 1. The number of para-hydroxylation sites is 1. The maximum absolute atomic E-state index is 12.9. The molecule has 0 spiro atoms. The van der Waals surface area contributed by atoms with Gasteiger partial charge in [-0.25, -0.2) is 14.8 Å². The minimum absolute atomic E-state index is 0.190. The Balaban J connectivity index is 1.96. The van der Waals surface area contributed by atoms with Crippen molar-refractivity contribution in [2.75, 3.05) is 11.8 Å². The quantitative estimate of drug-likeness (QED) is 0.377. The molecule has 0 saturated heterocycles. The lowest BCUT2D eigenvalue weighted by Crippen LogP contribution is -2.30. The number of sulfonamides is 1. The van der Waals surface area contributed by atoms with Crippen LogP contribution in [-0.2, 0) is 27.6 Å². The molecule has 2 aromatic carbocycles. The fraction of sp³-hybridized carbons (Fsp3) is 0.320. The van der Waals surface area contributed by atoms with Crippen molar-refractivity contribution in [3.05, 3.63) is 76.9 Å². The Morgan fingerprint density at radius 3 is 2.33 bits per heavy atom. The van der Waals surface area contributed by atoms with Crippen molar-refractivity contribution >= 4 is 21.7 Å². The van der Waals surface area contributed by atoms with Crippen molar-refractivity contribution in [3.63, 3.8) is 0 Å². The highest BCUT2D eigenvalue weighted by Crippen LogP contribution is 2.32. The Morgan fingerprint density at radius 1 is 1.06 bits per heavy atom. The van der Waals surface area contributed by atoms with Gasteiger partial charge in [0.2, 0.25) is 0 Å². The first-order valence-electron chi connectivity index (χ1n) is 11.2. The van der Waals surface area contributed by atoms with Gasteiger partial charge in [-0.15, -0.1) is 0 Å². The molecule has 36 heavy (non-hydrogen) atoms. The van der Waals surface area contributed by atoms with Crippen LogP contribution in [-0.4, -0.2) is 37.0 Å². The van der Waals surface area contributed by atoms with E-state index < -0.39 is 21.5 Å². The van der Waals surface area contributed by atoms with Crippen LogP contribution in [0.4, 0.5) is 18.9 Å². The molecule has 192 valence electrons. The van der Waals surface area contributed by atoms with Gasteiger partial charge in [-0.05, 0) is 37.0 Å². The molecular weight excluding hydrogens is 495 g/mol. The summed E-state index contributed by atoms with van der Waals surface area (Å²) in [5.41, 5.74) is -2.40. The minimum Gasteiger partial charge on any atom is -0.464 e. The zero-order chi connectivity index (χ0) is 26.5. The summed E-state index contributed by atoms with van der Waals surface area (Å²) in [5, 5.41) is 0. The molecule has 1 heterocycles. The predicted octanol–water partition coefficient (Wildman–Crippen LogP) is 5.43. The van der Waals surface area contributed by atoms with Crippen molar-refractivity contribution in [3.8, 4) is 11.1 Å². The second-order valence-corrected chi connectivity index (χ2v) is 9.78. The number of alkyl halides is 3. The van der Waals surface area contributed by atoms with Crippen LogP contribution >= 0.6 is 0 Å². The molecule has 0 radical (unpaired) electrons. The summed E-state index contributed by atoms with van der Waals surface area (Å²) in [5.74, 6) is -0.0886. The smallest absolute Gasteiger partial charge is 0.464 e. The maximum Gasteiger partial charge on any atom is 0.516 e. The largest absolute Gasteiger partial charge is 0.516 e. The number of carbonyl (C=O) groups excluding carboxylic acids is 1. The van der Waals surface area contributed by atoms with Gasteiger partial charge in [0.05, 0.1) is 12.8 Å². The van der Waals surface area contributed by atoms with Crippen LogP contribution in [0.25, 0.3) is 11.1 Å². The Morgan fingerprint density at radius 2 is 1.72 bits per heavy atom. The number of nitrogens with one attached hydrogen (secondary N) is 1. The number of esters is 1. The van der Waals surface area contributed by atoms with Crippen LogP contribution in [0.3, 0.4) is 0 Å². The monoisotopic (exact) mass is 521 g/mol. The van der Waals surface area contributed by atoms with E-state index in [1.165, 1.54) is 25.3 Å². The molecule has 0 unspecified atom stereocenters. The lowest BCUT2D eigenvalue weighted by Gasteiger charge is -2.15. The summed E-state index contributed by atoms with van der Waals surface area (Å²) in [7, 11) is -4.28. The number of unbranched alkanes of at least 4 members (excludes halogenated alkanes) is 1. The van der Waals surface area contributed by atoms with Gasteiger partial charge in [0.15, 0.2) is 5.69 Å². The Bertz CT molecular complexity index is 1340. The number of hydrogen-bond acceptors (Lipinski definition) is 6. The predicted molar refractivity (Wildman–Crippen MR) is 130 cm³/mol. The third kappa shape index (κ3) is 6.20. The fourth-order valence-corrected chi connectivity index (χ4v) is 4.27. The number of rotatable bonds is 9. The summed E-state index contributed by atoms with van der Waals surface area (Å²) >= 11 is 0. The van der Waals surface area contributed by atoms with Crippen LogP contribution in [0.5, 0.6) is 0 Å². The van der Waals surface area contributed by atoms with E-state index in [1.807, 2.05) is 0 Å². The topological polar surface area (TPSA) is 98.2 Å². The summed E-state index contributed by atoms with van der Waals surface area (Å²) < 4.78 is 68.4. The van der Waals surface area contributed by atoms with Gasteiger partial charge in [-0.3, -0.25) is 4.72 Å². The van der Waals surface area contributed by atoms with Crippen LogP contribution < -0.4 is 4.72 Å². The van der Waals surface area contributed by atoms with Gasteiger partial charge in [-0.2, -0.15) is 21.6 Å². The first kappa shape index (κ1) is 27.1. The standard InChI is InChI=1S/C25H26F3N3O4S/c1-4-5-9-21-20(23(24(32)35-3)30-16(2)29-21)15-17-11-13-18(14-12-17)19-8-6-7-10-22(19)31-36(33,34)25(26,27)28/h6-8,10-14,31H,4-5,9,15H2,1-3H3. The van der Waals surface area contributed by atoms with E-state index in [2.05, 4.69) is 16.9 Å². The summed E-state index contributed by atoms with van der Waals surface area (Å²) in [4.78, 5) is 21.3. The molecule has 3 aromatic rings. The SMILES string of the molecule is CCCCc1nc(C)nc(C(=O)OC)c1Cc1ccc(-c2ccccc2NS(=O)(=O)C(F)(F)F)cc1. The summed E-state index contributed by atoms with van der Waals surface area (Å²) in [6.07, 6.45) is 2.84. The Hall–Kier alpha value is -3.47.